The third kappa shape index (κ3) is 4.03. The first-order chi connectivity index (χ1) is 13.3. The second-order valence-electron chi connectivity index (χ2n) is 9.63. The summed E-state index contributed by atoms with van der Waals surface area (Å²) >= 11 is 0. The van der Waals surface area contributed by atoms with Gasteiger partial charge in [-0.25, -0.2) is 0 Å². The molecule has 2 aliphatic heterocycles. The summed E-state index contributed by atoms with van der Waals surface area (Å²) in [6.45, 7) is 7.88. The molecule has 0 bridgehead atoms. The van der Waals surface area contributed by atoms with Crippen molar-refractivity contribution in [2.24, 2.45) is 17.8 Å². The molecule has 2 heteroatoms. The van der Waals surface area contributed by atoms with Crippen molar-refractivity contribution in [1.29, 1.82) is 0 Å². The Kier molecular flexibility index (Phi) is 5.38. The molecule has 5 rings (SSSR count). The van der Waals surface area contributed by atoms with Crippen molar-refractivity contribution in [2.45, 2.75) is 51.4 Å². The first-order valence-electron chi connectivity index (χ1n) is 11.6. The summed E-state index contributed by atoms with van der Waals surface area (Å²) in [6, 6.07) is 9.61. The number of nitrogens with zero attached hydrogens (tertiary/aromatic N) is 2. The number of hydrogen-bond acceptors (Lipinski definition) is 2. The van der Waals surface area contributed by atoms with Gasteiger partial charge >= 0.3 is 0 Å². The zero-order valence-electron chi connectivity index (χ0n) is 16.9. The van der Waals surface area contributed by atoms with Gasteiger partial charge in [-0.2, -0.15) is 0 Å². The summed E-state index contributed by atoms with van der Waals surface area (Å²) < 4.78 is 0. The molecule has 146 valence electrons. The SMILES string of the molecule is C1=C(c2ccc(CCN3CCCC3)cc2)C2CN(CC3CCCC3)CC2C1. The second kappa shape index (κ2) is 8.09. The van der Waals surface area contributed by atoms with Crippen LogP contribution in [0.15, 0.2) is 30.3 Å². The van der Waals surface area contributed by atoms with Crippen molar-refractivity contribution in [2.75, 3.05) is 39.3 Å². The molecule has 2 heterocycles. The first kappa shape index (κ1) is 17.9. The quantitative estimate of drug-likeness (QED) is 0.712. The Morgan fingerprint density at radius 1 is 0.852 bits per heavy atom. The average molecular weight is 365 g/mol. The first-order valence-corrected chi connectivity index (χ1v) is 11.6. The molecule has 1 saturated carbocycles. The van der Waals surface area contributed by atoms with Gasteiger partial charge in [-0.05, 0) is 80.2 Å². The highest BCUT2D eigenvalue weighted by molar-refractivity contribution is 5.70. The highest BCUT2D eigenvalue weighted by Gasteiger charge is 2.39. The molecule has 2 nitrogen and oxygen atoms in total. The van der Waals surface area contributed by atoms with E-state index >= 15 is 0 Å². The van der Waals surface area contributed by atoms with Gasteiger partial charge in [0.1, 0.15) is 0 Å². The van der Waals surface area contributed by atoms with E-state index < -0.39 is 0 Å². The fourth-order valence-corrected chi connectivity index (χ4v) is 6.18. The van der Waals surface area contributed by atoms with Crippen LogP contribution in [0.4, 0.5) is 0 Å². The fraction of sp³-hybridized carbons (Fsp3) is 0.680. The molecular formula is C25H36N2. The van der Waals surface area contributed by atoms with Crippen LogP contribution < -0.4 is 0 Å². The Bertz CT molecular complexity index is 649. The third-order valence-corrected chi connectivity index (χ3v) is 7.75. The fourth-order valence-electron chi connectivity index (χ4n) is 6.18. The van der Waals surface area contributed by atoms with E-state index in [-0.39, 0.29) is 0 Å². The van der Waals surface area contributed by atoms with Crippen molar-refractivity contribution in [3.63, 3.8) is 0 Å². The van der Waals surface area contributed by atoms with Gasteiger partial charge in [0.25, 0.3) is 0 Å². The van der Waals surface area contributed by atoms with Crippen LogP contribution in [0.2, 0.25) is 0 Å². The molecule has 1 aromatic carbocycles. The number of allylic oxidation sites excluding steroid dienone is 1. The molecule has 0 spiro atoms. The van der Waals surface area contributed by atoms with Crippen LogP contribution in [0.25, 0.3) is 5.57 Å². The molecule has 0 aromatic heterocycles. The van der Waals surface area contributed by atoms with Crippen molar-refractivity contribution >= 4 is 5.57 Å². The Morgan fingerprint density at radius 2 is 1.63 bits per heavy atom. The minimum atomic E-state index is 0.793. The van der Waals surface area contributed by atoms with E-state index in [4.69, 9.17) is 0 Å². The van der Waals surface area contributed by atoms with Gasteiger partial charge in [0.05, 0.1) is 0 Å². The highest BCUT2D eigenvalue weighted by Crippen LogP contribution is 2.43. The molecule has 4 aliphatic rings. The van der Waals surface area contributed by atoms with Gasteiger partial charge in [-0.15, -0.1) is 0 Å². The zero-order chi connectivity index (χ0) is 18.1. The van der Waals surface area contributed by atoms with Crippen LogP contribution in [-0.4, -0.2) is 49.1 Å². The standard InChI is InChI=1S/C25H36N2/c1-2-6-21(5-1)17-27-18-23-11-12-24(25(23)19-27)22-9-7-20(8-10-22)13-16-26-14-3-4-15-26/h7-10,12,21,23,25H,1-6,11,13-19H2. The minimum Gasteiger partial charge on any atom is -0.303 e. The monoisotopic (exact) mass is 364 g/mol. The summed E-state index contributed by atoms with van der Waals surface area (Å²) in [7, 11) is 0. The maximum Gasteiger partial charge on any atom is 0.00539 e. The van der Waals surface area contributed by atoms with Crippen LogP contribution in [-0.2, 0) is 6.42 Å². The van der Waals surface area contributed by atoms with Crippen LogP contribution in [0.5, 0.6) is 0 Å². The molecule has 2 aliphatic carbocycles. The van der Waals surface area contributed by atoms with Crippen molar-refractivity contribution in [3.05, 3.63) is 41.5 Å². The Hall–Kier alpha value is -1.12. The lowest BCUT2D eigenvalue weighted by molar-refractivity contribution is 0.269. The van der Waals surface area contributed by atoms with E-state index in [1.54, 1.807) is 5.57 Å². The maximum atomic E-state index is 2.79. The van der Waals surface area contributed by atoms with E-state index in [0.717, 1.165) is 17.8 Å². The number of hydrogen-bond donors (Lipinski definition) is 0. The normalized spacial score (nSPS) is 29.6. The van der Waals surface area contributed by atoms with Crippen LogP contribution in [0, 0.1) is 17.8 Å². The van der Waals surface area contributed by atoms with Crippen molar-refractivity contribution in [1.82, 2.24) is 9.80 Å². The molecular weight excluding hydrogens is 328 g/mol. The molecule has 0 radical (unpaired) electrons. The predicted molar refractivity (Wildman–Crippen MR) is 114 cm³/mol. The topological polar surface area (TPSA) is 6.48 Å². The van der Waals surface area contributed by atoms with Gasteiger partial charge in [0.2, 0.25) is 0 Å². The molecule has 0 amide bonds. The van der Waals surface area contributed by atoms with Crippen LogP contribution in [0.3, 0.4) is 0 Å². The number of fused-ring (bicyclic) bond motifs is 1. The maximum absolute atomic E-state index is 2.79. The summed E-state index contributed by atoms with van der Waals surface area (Å²) in [5.74, 6) is 2.67. The zero-order valence-corrected chi connectivity index (χ0v) is 16.9. The van der Waals surface area contributed by atoms with Gasteiger partial charge in [-0.1, -0.05) is 43.2 Å². The lowest BCUT2D eigenvalue weighted by Gasteiger charge is -2.21. The van der Waals surface area contributed by atoms with E-state index in [2.05, 4.69) is 40.1 Å². The van der Waals surface area contributed by atoms with Gasteiger partial charge in [0.15, 0.2) is 0 Å². The Morgan fingerprint density at radius 3 is 2.41 bits per heavy atom. The average Bonchev–Trinajstić information content (AvgIpc) is 3.46. The minimum absolute atomic E-state index is 0.793. The molecule has 27 heavy (non-hydrogen) atoms. The highest BCUT2D eigenvalue weighted by atomic mass is 15.2. The van der Waals surface area contributed by atoms with Crippen molar-refractivity contribution in [3.8, 4) is 0 Å². The summed E-state index contributed by atoms with van der Waals surface area (Å²) in [4.78, 5) is 5.41. The molecule has 1 aromatic rings. The van der Waals surface area contributed by atoms with Crippen LogP contribution in [0.1, 0.15) is 56.1 Å². The van der Waals surface area contributed by atoms with Gasteiger partial charge in [0, 0.05) is 32.1 Å². The Balaban J connectivity index is 1.17. The summed E-state index contributed by atoms with van der Waals surface area (Å²) in [5.41, 5.74) is 4.66. The third-order valence-electron chi connectivity index (χ3n) is 7.75. The summed E-state index contributed by atoms with van der Waals surface area (Å²) in [6.07, 6.45) is 13.8. The van der Waals surface area contributed by atoms with Gasteiger partial charge in [-0.3, -0.25) is 0 Å². The molecule has 3 fully saturated rings. The largest absolute Gasteiger partial charge is 0.303 e. The second-order valence-corrected chi connectivity index (χ2v) is 9.63. The van der Waals surface area contributed by atoms with E-state index in [1.807, 2.05) is 0 Å². The lowest BCUT2D eigenvalue weighted by atomic mass is 9.90. The Labute approximate surface area is 165 Å². The van der Waals surface area contributed by atoms with E-state index in [0.29, 0.717) is 0 Å². The van der Waals surface area contributed by atoms with Gasteiger partial charge < -0.3 is 9.80 Å². The molecule has 2 saturated heterocycles. The molecule has 0 N–H and O–H groups in total. The lowest BCUT2D eigenvalue weighted by Crippen LogP contribution is -2.27. The number of likely N-dealkylation sites (tertiary alicyclic amines) is 2. The molecule has 2 unspecified atom stereocenters. The van der Waals surface area contributed by atoms with E-state index in [1.165, 1.54) is 102 Å². The van der Waals surface area contributed by atoms with Crippen molar-refractivity contribution < 1.29 is 0 Å². The smallest absolute Gasteiger partial charge is 0.00539 e. The predicted octanol–water partition coefficient (Wildman–Crippen LogP) is 4.85. The summed E-state index contributed by atoms with van der Waals surface area (Å²) in [5, 5.41) is 0. The number of rotatable bonds is 6. The van der Waals surface area contributed by atoms with E-state index in [9.17, 15) is 0 Å². The molecule has 2 atom stereocenters. The van der Waals surface area contributed by atoms with Crippen LogP contribution >= 0.6 is 0 Å². The number of benzene rings is 1.